The van der Waals surface area contributed by atoms with E-state index in [2.05, 4.69) is 10.00 Å². The van der Waals surface area contributed by atoms with Crippen LogP contribution in [0.15, 0.2) is 36.5 Å². The number of benzene rings is 1. The van der Waals surface area contributed by atoms with E-state index in [1.165, 1.54) is 7.11 Å². The maximum Gasteiger partial charge on any atom is 0.410 e. The summed E-state index contributed by atoms with van der Waals surface area (Å²) in [5, 5.41) is 4.88. The van der Waals surface area contributed by atoms with Gasteiger partial charge in [0, 0.05) is 50.4 Å². The third-order valence-electron chi connectivity index (χ3n) is 7.89. The third kappa shape index (κ3) is 5.45. The molecule has 1 saturated heterocycles. The van der Waals surface area contributed by atoms with Gasteiger partial charge < -0.3 is 24.0 Å². The molecule has 0 unspecified atom stereocenters. The lowest BCUT2D eigenvalue weighted by Gasteiger charge is -2.41. The number of amides is 1. The smallest absolute Gasteiger partial charge is 0.410 e. The molecule has 1 aliphatic heterocycles. The summed E-state index contributed by atoms with van der Waals surface area (Å²) in [5.74, 6) is 0.328. The van der Waals surface area contributed by atoms with Crippen molar-refractivity contribution in [3.8, 4) is 17.0 Å². The van der Waals surface area contributed by atoms with E-state index in [1.54, 1.807) is 17.9 Å². The molecular weight excluding hydrogens is 539 g/mol. The number of halogens is 1. The monoisotopic (exact) mass is 576 g/mol. The van der Waals surface area contributed by atoms with E-state index < -0.39 is 11.4 Å². The Balaban J connectivity index is 1.26. The number of carbonyl (C=O) groups is 1. The number of ether oxygens (including phenoxy) is 3. The molecule has 1 atom stereocenters. The fraction of sp³-hybridized carbons (Fsp3) is 0.484. The van der Waals surface area contributed by atoms with Crippen LogP contribution in [0.5, 0.6) is 5.75 Å². The van der Waals surface area contributed by atoms with Crippen LogP contribution in [0, 0.1) is 5.82 Å². The molecule has 1 amide bonds. The van der Waals surface area contributed by atoms with E-state index >= 15 is 4.39 Å². The molecule has 2 aliphatic rings. The fourth-order valence-corrected chi connectivity index (χ4v) is 5.76. The van der Waals surface area contributed by atoms with Crippen molar-refractivity contribution in [1.29, 1.82) is 0 Å². The Kier molecular flexibility index (Phi) is 7.38. The van der Waals surface area contributed by atoms with Crippen LogP contribution in [0.25, 0.3) is 33.2 Å². The third-order valence-corrected chi connectivity index (χ3v) is 7.89. The Labute approximate surface area is 244 Å². The highest BCUT2D eigenvalue weighted by Gasteiger charge is 2.40. The molecule has 0 spiro atoms. The van der Waals surface area contributed by atoms with Crippen molar-refractivity contribution in [3.05, 3.63) is 42.3 Å². The Morgan fingerprint density at radius 1 is 1.10 bits per heavy atom. The zero-order valence-electron chi connectivity index (χ0n) is 24.8. The number of anilines is 1. The highest BCUT2D eigenvalue weighted by molar-refractivity contribution is 5.89. The zero-order valence-corrected chi connectivity index (χ0v) is 24.8. The molecule has 3 aromatic heterocycles. The van der Waals surface area contributed by atoms with Gasteiger partial charge in [-0.3, -0.25) is 4.68 Å². The number of hydrogen-bond donors (Lipinski definition) is 0. The first kappa shape index (κ1) is 28.1. The minimum Gasteiger partial charge on any atom is -0.464 e. The number of pyridine rings is 2. The van der Waals surface area contributed by atoms with Gasteiger partial charge >= 0.3 is 6.09 Å². The highest BCUT2D eigenvalue weighted by atomic mass is 19.1. The van der Waals surface area contributed by atoms with E-state index in [9.17, 15) is 4.79 Å². The van der Waals surface area contributed by atoms with Gasteiger partial charge in [-0.15, -0.1) is 0 Å². The second kappa shape index (κ2) is 11.0. The van der Waals surface area contributed by atoms with Gasteiger partial charge in [0.15, 0.2) is 18.4 Å². The maximum atomic E-state index is 15.5. The molecule has 6 rings (SSSR count). The topological polar surface area (TPSA) is 94.8 Å². The number of aryl methyl sites for hydroxylation is 1. The normalized spacial score (nSPS) is 17.6. The number of nitrogens with zero attached hydrogens (tertiary/aromatic N) is 6. The molecule has 10 nitrogen and oxygen atoms in total. The molecule has 2 fully saturated rings. The van der Waals surface area contributed by atoms with Gasteiger partial charge in [-0.25, -0.2) is 19.2 Å². The summed E-state index contributed by atoms with van der Waals surface area (Å²) >= 11 is 0. The maximum absolute atomic E-state index is 15.5. The molecule has 0 N–H and O–H groups in total. The Bertz CT molecular complexity index is 1630. The SMILES string of the molecule is COCOc1c(-c2ccc3nc(N4CC[C@@H](N(C(=O)OC(C)(C)C)C5CCC5)C4)ccc3n2)cc2cn(C)nc2c1F. The van der Waals surface area contributed by atoms with Crippen molar-refractivity contribution in [2.45, 2.75) is 64.1 Å². The lowest BCUT2D eigenvalue weighted by Crippen LogP contribution is -2.52. The fourth-order valence-electron chi connectivity index (χ4n) is 5.76. The van der Waals surface area contributed by atoms with Gasteiger partial charge in [0.05, 0.1) is 22.8 Å². The molecule has 11 heteroatoms. The van der Waals surface area contributed by atoms with Crippen LogP contribution in [0.3, 0.4) is 0 Å². The van der Waals surface area contributed by atoms with Crippen LogP contribution in [0.4, 0.5) is 15.0 Å². The second-order valence-electron chi connectivity index (χ2n) is 12.1. The summed E-state index contributed by atoms with van der Waals surface area (Å²) in [4.78, 5) is 27.1. The number of rotatable bonds is 7. The van der Waals surface area contributed by atoms with Crippen LogP contribution in [-0.4, -0.2) is 75.4 Å². The number of methoxy groups -OCH3 is 1. The molecule has 4 heterocycles. The molecule has 4 aromatic rings. The Morgan fingerprint density at radius 3 is 2.57 bits per heavy atom. The van der Waals surface area contributed by atoms with Crippen LogP contribution < -0.4 is 9.64 Å². The van der Waals surface area contributed by atoms with Crippen LogP contribution in [0.1, 0.15) is 46.5 Å². The predicted octanol–water partition coefficient (Wildman–Crippen LogP) is 5.67. The van der Waals surface area contributed by atoms with Crippen molar-refractivity contribution in [2.75, 3.05) is 31.9 Å². The lowest BCUT2D eigenvalue weighted by atomic mass is 9.90. The Morgan fingerprint density at radius 2 is 1.86 bits per heavy atom. The molecule has 1 aromatic carbocycles. The molecule has 0 radical (unpaired) electrons. The summed E-state index contributed by atoms with van der Waals surface area (Å²) in [6.07, 6.45) is 5.58. The quantitative estimate of drug-likeness (QED) is 0.260. The molecule has 1 aliphatic carbocycles. The molecule has 0 bridgehead atoms. The number of aromatic nitrogens is 4. The summed E-state index contributed by atoms with van der Waals surface area (Å²) < 4.78 is 33.5. The zero-order chi connectivity index (χ0) is 29.6. The summed E-state index contributed by atoms with van der Waals surface area (Å²) in [7, 11) is 3.23. The van der Waals surface area contributed by atoms with Gasteiger partial charge in [-0.05, 0) is 76.8 Å². The molecule has 222 valence electrons. The number of fused-ring (bicyclic) bond motifs is 2. The van der Waals surface area contributed by atoms with Gasteiger partial charge in [0.25, 0.3) is 0 Å². The molecule has 1 saturated carbocycles. The standard InChI is InChI=1S/C31H37FN6O4/c1-31(2,3)42-30(39)38(20-7-6-8-20)21-13-14-37(17-21)26-12-11-24-25(34-26)10-9-23(33-24)22-15-19-16-36(4)35-28(19)27(32)29(22)41-18-40-5/h9-12,15-16,20-21H,6-8,13-14,17-18H2,1-5H3/t21-/m1/s1. The Hall–Kier alpha value is -3.99. The largest absolute Gasteiger partial charge is 0.464 e. The lowest BCUT2D eigenvalue weighted by molar-refractivity contribution is -0.00351. The summed E-state index contributed by atoms with van der Waals surface area (Å²) in [5.41, 5.74) is 2.17. The van der Waals surface area contributed by atoms with Gasteiger partial charge in [-0.1, -0.05) is 0 Å². The predicted molar refractivity (Wildman–Crippen MR) is 158 cm³/mol. The van der Waals surface area contributed by atoms with Crippen LogP contribution in [-0.2, 0) is 16.5 Å². The van der Waals surface area contributed by atoms with E-state index in [-0.39, 0.29) is 36.2 Å². The minimum absolute atomic E-state index is 0.0450. The summed E-state index contributed by atoms with van der Waals surface area (Å²) in [6.45, 7) is 7.11. The van der Waals surface area contributed by atoms with Crippen molar-refractivity contribution in [2.24, 2.45) is 7.05 Å². The minimum atomic E-state index is -0.554. The van der Waals surface area contributed by atoms with Gasteiger partial charge in [0.2, 0.25) is 0 Å². The van der Waals surface area contributed by atoms with Crippen LogP contribution >= 0.6 is 0 Å². The van der Waals surface area contributed by atoms with E-state index in [4.69, 9.17) is 24.2 Å². The number of carbonyl (C=O) groups excluding carboxylic acids is 1. The molecule has 42 heavy (non-hydrogen) atoms. The average molecular weight is 577 g/mol. The first-order chi connectivity index (χ1) is 20.1. The van der Waals surface area contributed by atoms with Gasteiger partial charge in [0.1, 0.15) is 16.9 Å². The molecular formula is C31H37FN6O4. The van der Waals surface area contributed by atoms with Crippen molar-refractivity contribution in [3.63, 3.8) is 0 Å². The highest BCUT2D eigenvalue weighted by Crippen LogP contribution is 2.37. The average Bonchev–Trinajstić information content (AvgIpc) is 3.55. The second-order valence-corrected chi connectivity index (χ2v) is 12.1. The van der Waals surface area contributed by atoms with Crippen molar-refractivity contribution >= 4 is 33.8 Å². The van der Waals surface area contributed by atoms with Gasteiger partial charge in [-0.2, -0.15) is 5.10 Å². The van der Waals surface area contributed by atoms with Crippen molar-refractivity contribution in [1.82, 2.24) is 24.6 Å². The van der Waals surface area contributed by atoms with E-state index in [0.717, 1.165) is 43.6 Å². The number of hydrogen-bond acceptors (Lipinski definition) is 8. The van der Waals surface area contributed by atoms with Crippen LogP contribution in [0.2, 0.25) is 0 Å². The first-order valence-corrected chi connectivity index (χ1v) is 14.4. The van der Waals surface area contributed by atoms with Crippen molar-refractivity contribution < 1.29 is 23.4 Å². The first-order valence-electron chi connectivity index (χ1n) is 14.4. The van der Waals surface area contributed by atoms with E-state index in [0.29, 0.717) is 28.7 Å². The summed E-state index contributed by atoms with van der Waals surface area (Å²) in [6, 6.07) is 9.74. The van der Waals surface area contributed by atoms with E-state index in [1.807, 2.05) is 56.0 Å².